The van der Waals surface area contributed by atoms with Crippen molar-refractivity contribution in [2.75, 3.05) is 6.54 Å². The van der Waals surface area contributed by atoms with E-state index in [1.165, 1.54) is 0 Å². The van der Waals surface area contributed by atoms with Crippen LogP contribution in [-0.2, 0) is 9.53 Å². The molecule has 0 aromatic heterocycles. The first-order valence-electron chi connectivity index (χ1n) is 5.54. The van der Waals surface area contributed by atoms with Crippen LogP contribution in [0.2, 0.25) is 0 Å². The predicted octanol–water partition coefficient (Wildman–Crippen LogP) is 1.33. The molecule has 1 saturated carbocycles. The van der Waals surface area contributed by atoms with Crippen molar-refractivity contribution in [2.45, 2.75) is 38.8 Å². The molecule has 1 N–H and O–H groups in total. The molecule has 1 saturated heterocycles. The van der Waals surface area contributed by atoms with Gasteiger partial charge in [0.2, 0.25) is 0 Å². The van der Waals surface area contributed by atoms with Crippen LogP contribution in [0.3, 0.4) is 0 Å². The second-order valence-corrected chi connectivity index (χ2v) is 5.48. The number of carboxylic acids is 1. The third kappa shape index (κ3) is 1.86. The Labute approximate surface area is 94.4 Å². The first kappa shape index (κ1) is 11.2. The van der Waals surface area contributed by atoms with Gasteiger partial charge in [-0.1, -0.05) is 0 Å². The number of piperidine rings is 1. The lowest BCUT2D eigenvalue weighted by atomic mass is 10.2. The minimum Gasteiger partial charge on any atom is -0.481 e. The maximum absolute atomic E-state index is 11.8. The SMILES string of the molecule is CC(C)(C)OC(=O)N1CC[C@H]2[C@@H](C(=O)O)[C@H]21. The molecule has 1 amide bonds. The predicted molar refractivity (Wildman–Crippen MR) is 56.0 cm³/mol. The largest absolute Gasteiger partial charge is 0.481 e. The van der Waals surface area contributed by atoms with Gasteiger partial charge in [0.1, 0.15) is 5.60 Å². The minimum atomic E-state index is -0.803. The van der Waals surface area contributed by atoms with Crippen LogP contribution >= 0.6 is 0 Å². The monoisotopic (exact) mass is 227 g/mol. The van der Waals surface area contributed by atoms with E-state index >= 15 is 0 Å². The molecule has 2 fully saturated rings. The number of hydrogen-bond donors (Lipinski definition) is 1. The van der Waals surface area contributed by atoms with E-state index in [-0.39, 0.29) is 24.0 Å². The summed E-state index contributed by atoms with van der Waals surface area (Å²) in [5, 5.41) is 8.91. The molecule has 2 aliphatic rings. The highest BCUT2D eigenvalue weighted by Crippen LogP contribution is 2.51. The van der Waals surface area contributed by atoms with E-state index in [1.54, 1.807) is 25.7 Å². The number of likely N-dealkylation sites (tertiary alicyclic amines) is 1. The van der Waals surface area contributed by atoms with Crippen LogP contribution in [-0.4, -0.2) is 40.3 Å². The Hall–Kier alpha value is -1.26. The number of amides is 1. The van der Waals surface area contributed by atoms with Crippen molar-refractivity contribution in [3.8, 4) is 0 Å². The summed E-state index contributed by atoms with van der Waals surface area (Å²) < 4.78 is 5.24. The molecular formula is C11H17NO4. The molecule has 3 atom stereocenters. The molecule has 0 bridgehead atoms. The van der Waals surface area contributed by atoms with Crippen molar-refractivity contribution in [1.82, 2.24) is 4.90 Å². The van der Waals surface area contributed by atoms with Gasteiger partial charge in [0.15, 0.2) is 0 Å². The lowest BCUT2D eigenvalue weighted by Gasteiger charge is -2.25. The summed E-state index contributed by atoms with van der Waals surface area (Å²) in [5.41, 5.74) is -0.525. The van der Waals surface area contributed by atoms with Crippen molar-refractivity contribution < 1.29 is 19.4 Å². The van der Waals surface area contributed by atoms with Gasteiger partial charge in [0.05, 0.1) is 12.0 Å². The van der Waals surface area contributed by atoms with Crippen molar-refractivity contribution in [3.05, 3.63) is 0 Å². The molecule has 16 heavy (non-hydrogen) atoms. The van der Waals surface area contributed by atoms with Crippen molar-refractivity contribution in [3.63, 3.8) is 0 Å². The third-order valence-electron chi connectivity index (χ3n) is 3.10. The van der Waals surface area contributed by atoms with E-state index in [0.717, 1.165) is 6.42 Å². The third-order valence-corrected chi connectivity index (χ3v) is 3.10. The number of carbonyl (C=O) groups excluding carboxylic acids is 1. The smallest absolute Gasteiger partial charge is 0.410 e. The summed E-state index contributed by atoms with van der Waals surface area (Å²) in [6, 6.07) is -0.132. The molecule has 0 spiro atoms. The number of hydrogen-bond acceptors (Lipinski definition) is 3. The average Bonchev–Trinajstić information content (AvgIpc) is 2.64. The van der Waals surface area contributed by atoms with Gasteiger partial charge in [-0.25, -0.2) is 4.79 Å². The molecule has 0 unspecified atom stereocenters. The van der Waals surface area contributed by atoms with E-state index in [0.29, 0.717) is 6.54 Å². The normalized spacial score (nSPS) is 32.2. The maximum Gasteiger partial charge on any atom is 0.410 e. The van der Waals surface area contributed by atoms with Crippen LogP contribution in [0.25, 0.3) is 0 Å². The number of aliphatic carboxylic acids is 1. The number of fused-ring (bicyclic) bond motifs is 1. The van der Waals surface area contributed by atoms with Crippen LogP contribution < -0.4 is 0 Å². The summed E-state index contributed by atoms with van der Waals surface area (Å²) in [4.78, 5) is 24.2. The van der Waals surface area contributed by atoms with Crippen LogP contribution in [0, 0.1) is 11.8 Å². The molecule has 0 aromatic rings. The first-order chi connectivity index (χ1) is 7.31. The van der Waals surface area contributed by atoms with E-state index in [1.807, 2.05) is 0 Å². The quantitative estimate of drug-likeness (QED) is 0.733. The van der Waals surface area contributed by atoms with Gasteiger partial charge in [0.25, 0.3) is 0 Å². The van der Waals surface area contributed by atoms with Gasteiger partial charge in [0, 0.05) is 6.54 Å². The Balaban J connectivity index is 1.97. The molecule has 1 heterocycles. The highest BCUT2D eigenvalue weighted by atomic mass is 16.6. The lowest BCUT2D eigenvalue weighted by molar-refractivity contribution is -0.139. The number of ether oxygens (including phenoxy) is 1. The Morgan fingerprint density at radius 2 is 2.00 bits per heavy atom. The number of carboxylic acid groups (broad SMARTS) is 1. The number of nitrogens with zero attached hydrogens (tertiary/aromatic N) is 1. The minimum absolute atomic E-state index is 0.132. The second kappa shape index (κ2) is 3.37. The summed E-state index contributed by atoms with van der Waals surface area (Å²) in [6.45, 7) is 6.04. The highest BCUT2D eigenvalue weighted by molar-refractivity contribution is 5.79. The molecule has 90 valence electrons. The summed E-state index contributed by atoms with van der Waals surface area (Å²) in [5.74, 6) is -1.03. The Kier molecular flexibility index (Phi) is 2.36. The summed E-state index contributed by atoms with van der Waals surface area (Å²) >= 11 is 0. The van der Waals surface area contributed by atoms with E-state index in [4.69, 9.17) is 9.84 Å². The Morgan fingerprint density at radius 1 is 1.38 bits per heavy atom. The molecule has 1 aliphatic heterocycles. The van der Waals surface area contributed by atoms with Crippen LogP contribution in [0.4, 0.5) is 4.79 Å². The van der Waals surface area contributed by atoms with Crippen LogP contribution in [0.1, 0.15) is 27.2 Å². The molecule has 1 aliphatic carbocycles. The van der Waals surface area contributed by atoms with Crippen LogP contribution in [0.15, 0.2) is 0 Å². The Bertz CT molecular complexity index is 333. The highest BCUT2D eigenvalue weighted by Gasteiger charge is 2.63. The van der Waals surface area contributed by atoms with Gasteiger partial charge in [-0.15, -0.1) is 0 Å². The second-order valence-electron chi connectivity index (χ2n) is 5.48. The molecule has 2 rings (SSSR count). The average molecular weight is 227 g/mol. The molecule has 0 aromatic carbocycles. The zero-order valence-electron chi connectivity index (χ0n) is 9.77. The summed E-state index contributed by atoms with van der Waals surface area (Å²) in [6.07, 6.45) is 0.393. The van der Waals surface area contributed by atoms with Gasteiger partial charge in [-0.3, -0.25) is 4.79 Å². The van der Waals surface area contributed by atoms with Crippen LogP contribution in [0.5, 0.6) is 0 Å². The van der Waals surface area contributed by atoms with Crippen molar-refractivity contribution >= 4 is 12.1 Å². The fourth-order valence-corrected chi connectivity index (χ4v) is 2.43. The van der Waals surface area contributed by atoms with Gasteiger partial charge < -0.3 is 14.7 Å². The first-order valence-corrected chi connectivity index (χ1v) is 5.54. The standard InChI is InChI=1S/C11H17NO4/c1-11(2,3)16-10(15)12-5-4-6-7(8(6)12)9(13)14/h6-8H,4-5H2,1-3H3,(H,13,14)/t6-,7+,8-/m0/s1. The fraction of sp³-hybridized carbons (Fsp3) is 0.818. The molecular weight excluding hydrogens is 210 g/mol. The van der Waals surface area contributed by atoms with Gasteiger partial charge >= 0.3 is 12.1 Å². The number of carbonyl (C=O) groups is 2. The summed E-state index contributed by atoms with van der Waals surface area (Å²) in [7, 11) is 0. The van der Waals surface area contributed by atoms with Crippen molar-refractivity contribution in [2.24, 2.45) is 11.8 Å². The van der Waals surface area contributed by atoms with E-state index in [2.05, 4.69) is 0 Å². The zero-order valence-corrected chi connectivity index (χ0v) is 9.77. The Morgan fingerprint density at radius 3 is 2.44 bits per heavy atom. The topological polar surface area (TPSA) is 66.8 Å². The molecule has 5 nitrogen and oxygen atoms in total. The van der Waals surface area contributed by atoms with Gasteiger partial charge in [-0.05, 0) is 33.1 Å². The maximum atomic E-state index is 11.8. The molecule has 0 radical (unpaired) electrons. The van der Waals surface area contributed by atoms with Crippen molar-refractivity contribution in [1.29, 1.82) is 0 Å². The lowest BCUT2D eigenvalue weighted by Crippen LogP contribution is -2.38. The van der Waals surface area contributed by atoms with E-state index in [9.17, 15) is 9.59 Å². The van der Waals surface area contributed by atoms with E-state index < -0.39 is 11.6 Å². The molecule has 5 heteroatoms. The zero-order chi connectivity index (χ0) is 12.1. The fourth-order valence-electron chi connectivity index (χ4n) is 2.43. The number of rotatable bonds is 1. The van der Waals surface area contributed by atoms with Gasteiger partial charge in [-0.2, -0.15) is 0 Å².